The summed E-state index contributed by atoms with van der Waals surface area (Å²) in [5, 5.41) is 0.0515. The molecule has 1 rings (SSSR count). The lowest BCUT2D eigenvalue weighted by molar-refractivity contribution is 0.241. The maximum absolute atomic E-state index is 11.2. The molecular formula is C11H14NO2S. The topological polar surface area (TPSA) is 29.5 Å². The summed E-state index contributed by atoms with van der Waals surface area (Å²) < 4.78 is 5.39. The minimum Gasteiger partial charge on any atom is -0.492 e. The molecule has 15 heavy (non-hydrogen) atoms. The lowest BCUT2D eigenvalue weighted by Crippen LogP contribution is -2.17. The van der Waals surface area contributed by atoms with E-state index in [1.165, 1.54) is 11.8 Å². The summed E-state index contributed by atoms with van der Waals surface area (Å²) in [7, 11) is 3.47. The first-order valence-electron chi connectivity index (χ1n) is 4.64. The number of amides is 1. The van der Waals surface area contributed by atoms with Crippen LogP contribution in [0, 0.1) is 6.07 Å². The van der Waals surface area contributed by atoms with Crippen LogP contribution in [0.1, 0.15) is 0 Å². The molecule has 0 saturated heterocycles. The third-order valence-electron chi connectivity index (χ3n) is 1.61. The van der Waals surface area contributed by atoms with Crippen molar-refractivity contribution in [3.05, 3.63) is 30.3 Å². The number of rotatable bonds is 4. The SMILES string of the molecule is CN(C)C(=O)SCCOc1[c]cccc1. The first-order valence-corrected chi connectivity index (χ1v) is 5.62. The van der Waals surface area contributed by atoms with Gasteiger partial charge in [0.25, 0.3) is 5.24 Å². The molecule has 1 amide bonds. The number of thioether (sulfide) groups is 1. The highest BCUT2D eigenvalue weighted by molar-refractivity contribution is 8.13. The molecule has 0 bridgehead atoms. The van der Waals surface area contributed by atoms with E-state index in [9.17, 15) is 4.79 Å². The fourth-order valence-corrected chi connectivity index (χ4v) is 1.48. The third kappa shape index (κ3) is 4.74. The van der Waals surface area contributed by atoms with Crippen molar-refractivity contribution in [2.24, 2.45) is 0 Å². The number of ether oxygens (including phenoxy) is 1. The molecule has 0 aliphatic carbocycles. The van der Waals surface area contributed by atoms with Crippen molar-refractivity contribution in [1.82, 2.24) is 4.90 Å². The fraction of sp³-hybridized carbons (Fsp3) is 0.364. The summed E-state index contributed by atoms with van der Waals surface area (Å²) in [4.78, 5) is 12.7. The summed E-state index contributed by atoms with van der Waals surface area (Å²) in [6.07, 6.45) is 0. The van der Waals surface area contributed by atoms with Crippen molar-refractivity contribution >= 4 is 17.0 Å². The molecule has 4 heteroatoms. The summed E-state index contributed by atoms with van der Waals surface area (Å²) in [5.41, 5.74) is 0. The van der Waals surface area contributed by atoms with Gasteiger partial charge in [-0.1, -0.05) is 30.0 Å². The molecule has 3 nitrogen and oxygen atoms in total. The van der Waals surface area contributed by atoms with Crippen LogP contribution in [0.15, 0.2) is 24.3 Å². The Morgan fingerprint density at radius 1 is 1.53 bits per heavy atom. The normalized spacial score (nSPS) is 9.73. The molecule has 0 aliphatic rings. The molecule has 0 spiro atoms. The van der Waals surface area contributed by atoms with Gasteiger partial charge in [0.05, 0.1) is 6.61 Å². The minimum atomic E-state index is 0.0515. The van der Waals surface area contributed by atoms with Gasteiger partial charge in [-0.05, 0) is 6.07 Å². The second kappa shape index (κ2) is 6.35. The van der Waals surface area contributed by atoms with E-state index >= 15 is 0 Å². The van der Waals surface area contributed by atoms with E-state index in [-0.39, 0.29) is 5.24 Å². The lowest BCUT2D eigenvalue weighted by atomic mass is 10.3. The number of para-hydroxylation sites is 1. The number of benzene rings is 1. The van der Waals surface area contributed by atoms with Crippen LogP contribution in [0.3, 0.4) is 0 Å². The van der Waals surface area contributed by atoms with Crippen LogP contribution in [-0.4, -0.2) is 36.6 Å². The number of hydrogen-bond acceptors (Lipinski definition) is 3. The van der Waals surface area contributed by atoms with Crippen LogP contribution in [-0.2, 0) is 0 Å². The van der Waals surface area contributed by atoms with Crippen LogP contribution in [0.2, 0.25) is 0 Å². The highest BCUT2D eigenvalue weighted by Gasteiger charge is 2.03. The first kappa shape index (κ1) is 11.9. The zero-order valence-electron chi connectivity index (χ0n) is 8.90. The maximum Gasteiger partial charge on any atom is 0.281 e. The number of carbonyl (C=O) groups excluding carboxylic acids is 1. The number of carbonyl (C=O) groups is 1. The Morgan fingerprint density at radius 2 is 2.33 bits per heavy atom. The van der Waals surface area contributed by atoms with Crippen LogP contribution in [0.5, 0.6) is 5.75 Å². The monoisotopic (exact) mass is 224 g/mol. The Morgan fingerprint density at radius 3 is 2.93 bits per heavy atom. The van der Waals surface area contributed by atoms with E-state index in [0.29, 0.717) is 12.4 Å². The van der Waals surface area contributed by atoms with Gasteiger partial charge in [0.1, 0.15) is 5.75 Å². The highest BCUT2D eigenvalue weighted by atomic mass is 32.2. The summed E-state index contributed by atoms with van der Waals surface area (Å²) >= 11 is 1.25. The predicted octanol–water partition coefficient (Wildman–Crippen LogP) is 2.28. The van der Waals surface area contributed by atoms with E-state index in [2.05, 4.69) is 6.07 Å². The van der Waals surface area contributed by atoms with E-state index in [4.69, 9.17) is 4.74 Å². The van der Waals surface area contributed by atoms with Crippen molar-refractivity contribution in [3.63, 3.8) is 0 Å². The highest BCUT2D eigenvalue weighted by Crippen LogP contribution is 2.09. The van der Waals surface area contributed by atoms with Gasteiger partial charge >= 0.3 is 0 Å². The summed E-state index contributed by atoms with van der Waals surface area (Å²) in [6, 6.07) is 10.4. The van der Waals surface area contributed by atoms with E-state index in [1.807, 2.05) is 18.2 Å². The maximum atomic E-state index is 11.2. The van der Waals surface area contributed by atoms with E-state index in [1.54, 1.807) is 25.1 Å². The number of hydrogen-bond donors (Lipinski definition) is 0. The van der Waals surface area contributed by atoms with Crippen molar-refractivity contribution < 1.29 is 9.53 Å². The average molecular weight is 224 g/mol. The quantitative estimate of drug-likeness (QED) is 0.735. The standard InChI is InChI=1S/C11H14NO2S/c1-12(2)11(13)15-9-8-14-10-6-4-3-5-7-10/h3-6H,8-9H2,1-2H3. The largest absolute Gasteiger partial charge is 0.492 e. The summed E-state index contributed by atoms with van der Waals surface area (Å²) in [6.45, 7) is 0.519. The Labute approximate surface area is 94.4 Å². The van der Waals surface area contributed by atoms with Crippen LogP contribution < -0.4 is 4.74 Å². The van der Waals surface area contributed by atoms with Gasteiger partial charge in [0, 0.05) is 25.9 Å². The van der Waals surface area contributed by atoms with Crippen LogP contribution in [0.4, 0.5) is 4.79 Å². The minimum absolute atomic E-state index is 0.0515. The molecule has 0 aliphatic heterocycles. The molecule has 0 fully saturated rings. The summed E-state index contributed by atoms with van der Waals surface area (Å²) in [5.74, 6) is 1.37. The zero-order chi connectivity index (χ0) is 11.1. The Bertz CT molecular complexity index is 301. The van der Waals surface area contributed by atoms with Crippen molar-refractivity contribution in [1.29, 1.82) is 0 Å². The molecule has 0 N–H and O–H groups in total. The first-order chi connectivity index (χ1) is 7.20. The number of nitrogens with zero attached hydrogens (tertiary/aromatic N) is 1. The van der Waals surface area contributed by atoms with Gasteiger partial charge in [0.15, 0.2) is 0 Å². The van der Waals surface area contributed by atoms with Crippen LogP contribution >= 0.6 is 11.8 Å². The van der Waals surface area contributed by atoms with Crippen molar-refractivity contribution in [2.75, 3.05) is 26.5 Å². The second-order valence-corrected chi connectivity index (χ2v) is 4.13. The molecule has 0 heterocycles. The van der Waals surface area contributed by atoms with Crippen LogP contribution in [0.25, 0.3) is 0 Å². The molecule has 0 saturated carbocycles. The third-order valence-corrected chi connectivity index (χ3v) is 2.60. The second-order valence-electron chi connectivity index (χ2n) is 3.08. The molecule has 1 radical (unpaired) electrons. The Hall–Kier alpha value is -1.16. The van der Waals surface area contributed by atoms with Gasteiger partial charge in [0.2, 0.25) is 0 Å². The molecule has 81 valence electrons. The lowest BCUT2D eigenvalue weighted by Gasteiger charge is -2.09. The fourth-order valence-electron chi connectivity index (χ4n) is 0.876. The average Bonchev–Trinajstić information content (AvgIpc) is 2.25. The van der Waals surface area contributed by atoms with E-state index in [0.717, 1.165) is 5.75 Å². The van der Waals surface area contributed by atoms with Gasteiger partial charge in [-0.25, -0.2) is 0 Å². The van der Waals surface area contributed by atoms with Gasteiger partial charge in [-0.3, -0.25) is 4.79 Å². The molecule has 0 unspecified atom stereocenters. The molecule has 0 aromatic heterocycles. The molecular weight excluding hydrogens is 210 g/mol. The van der Waals surface area contributed by atoms with E-state index < -0.39 is 0 Å². The van der Waals surface area contributed by atoms with Gasteiger partial charge < -0.3 is 9.64 Å². The Kier molecular flexibility index (Phi) is 5.04. The van der Waals surface area contributed by atoms with Gasteiger partial charge in [-0.2, -0.15) is 0 Å². The van der Waals surface area contributed by atoms with Crippen molar-refractivity contribution in [3.8, 4) is 5.75 Å². The molecule has 0 atom stereocenters. The molecule has 1 aromatic rings. The predicted molar refractivity (Wildman–Crippen MR) is 62.3 cm³/mol. The van der Waals surface area contributed by atoms with Crippen molar-refractivity contribution in [2.45, 2.75) is 0 Å². The smallest absolute Gasteiger partial charge is 0.281 e. The Balaban J connectivity index is 2.15. The zero-order valence-corrected chi connectivity index (χ0v) is 9.71. The van der Waals surface area contributed by atoms with Gasteiger partial charge in [-0.15, -0.1) is 0 Å². The molecule has 1 aromatic carbocycles.